The van der Waals surface area contributed by atoms with Crippen molar-refractivity contribution in [1.29, 1.82) is 0 Å². The monoisotopic (exact) mass is 289 g/mol. The molecule has 2 atom stereocenters. The molecule has 2 rings (SSSR count). The summed E-state index contributed by atoms with van der Waals surface area (Å²) >= 11 is 0. The van der Waals surface area contributed by atoms with E-state index in [-0.39, 0.29) is 0 Å². The Labute approximate surface area is 117 Å². The third-order valence-corrected chi connectivity index (χ3v) is 6.46. The van der Waals surface area contributed by atoms with E-state index in [1.807, 2.05) is 0 Å². The molecule has 2 aliphatic rings. The fourth-order valence-electron chi connectivity index (χ4n) is 3.08. The zero-order valence-corrected chi connectivity index (χ0v) is 13.0. The van der Waals surface area contributed by atoms with Gasteiger partial charge in [0.1, 0.15) is 0 Å². The van der Waals surface area contributed by atoms with E-state index in [0.29, 0.717) is 30.8 Å². The van der Waals surface area contributed by atoms with Crippen LogP contribution in [0.15, 0.2) is 0 Å². The molecule has 2 saturated heterocycles. The van der Waals surface area contributed by atoms with E-state index in [2.05, 4.69) is 24.2 Å². The van der Waals surface area contributed by atoms with Crippen molar-refractivity contribution in [2.45, 2.75) is 32.2 Å². The molecule has 19 heavy (non-hydrogen) atoms. The Bertz CT molecular complexity index is 379. The van der Waals surface area contributed by atoms with Gasteiger partial charge in [-0.05, 0) is 45.3 Å². The third-order valence-electron chi connectivity index (χ3n) is 4.45. The molecular formula is C13H27N3O2S. The Hall–Kier alpha value is -0.170. The van der Waals surface area contributed by atoms with Crippen molar-refractivity contribution < 1.29 is 8.42 Å². The molecule has 0 amide bonds. The van der Waals surface area contributed by atoms with Gasteiger partial charge in [0, 0.05) is 25.7 Å². The zero-order valence-electron chi connectivity index (χ0n) is 12.1. The lowest BCUT2D eigenvalue weighted by Gasteiger charge is -2.39. The van der Waals surface area contributed by atoms with Gasteiger partial charge in [0.15, 0.2) is 0 Å². The first-order valence-corrected chi connectivity index (χ1v) is 9.02. The Morgan fingerprint density at radius 1 is 1.32 bits per heavy atom. The second-order valence-electron chi connectivity index (χ2n) is 5.89. The van der Waals surface area contributed by atoms with E-state index in [9.17, 15) is 8.42 Å². The van der Waals surface area contributed by atoms with Crippen molar-refractivity contribution in [3.05, 3.63) is 0 Å². The summed E-state index contributed by atoms with van der Waals surface area (Å²) in [6.45, 7) is 6.17. The summed E-state index contributed by atoms with van der Waals surface area (Å²) in [4.78, 5) is 2.27. The topological polar surface area (TPSA) is 52.7 Å². The molecule has 0 saturated carbocycles. The van der Waals surface area contributed by atoms with Crippen molar-refractivity contribution in [2.24, 2.45) is 5.92 Å². The van der Waals surface area contributed by atoms with E-state index in [4.69, 9.17) is 0 Å². The molecule has 2 aliphatic heterocycles. The number of nitrogens with one attached hydrogen (secondary N) is 1. The second-order valence-corrected chi connectivity index (χ2v) is 7.91. The molecule has 5 nitrogen and oxygen atoms in total. The molecule has 0 bridgehead atoms. The van der Waals surface area contributed by atoms with Crippen LogP contribution < -0.4 is 5.32 Å². The number of rotatable bonds is 4. The fourth-order valence-corrected chi connectivity index (χ4v) is 4.93. The van der Waals surface area contributed by atoms with Gasteiger partial charge in [0.2, 0.25) is 10.0 Å². The van der Waals surface area contributed by atoms with Gasteiger partial charge in [0.25, 0.3) is 0 Å². The van der Waals surface area contributed by atoms with Crippen LogP contribution >= 0.6 is 0 Å². The average Bonchev–Trinajstić information content (AvgIpc) is 2.39. The van der Waals surface area contributed by atoms with Gasteiger partial charge in [-0.1, -0.05) is 6.92 Å². The van der Waals surface area contributed by atoms with Gasteiger partial charge >= 0.3 is 0 Å². The zero-order chi connectivity index (χ0) is 13.9. The van der Waals surface area contributed by atoms with Gasteiger partial charge in [-0.3, -0.25) is 0 Å². The van der Waals surface area contributed by atoms with Gasteiger partial charge in [-0.15, -0.1) is 0 Å². The van der Waals surface area contributed by atoms with E-state index in [1.54, 1.807) is 4.31 Å². The lowest BCUT2D eigenvalue weighted by molar-refractivity contribution is 0.143. The van der Waals surface area contributed by atoms with E-state index >= 15 is 0 Å². The molecule has 0 aromatic carbocycles. The molecule has 2 fully saturated rings. The molecule has 0 radical (unpaired) electrons. The van der Waals surface area contributed by atoms with Crippen molar-refractivity contribution in [1.82, 2.24) is 14.5 Å². The summed E-state index contributed by atoms with van der Waals surface area (Å²) in [6, 6.07) is 0.369. The molecule has 1 N–H and O–H groups in total. The first kappa shape index (κ1) is 15.2. The average molecular weight is 289 g/mol. The van der Waals surface area contributed by atoms with Crippen LogP contribution in [0.2, 0.25) is 0 Å². The first-order chi connectivity index (χ1) is 9.03. The maximum absolute atomic E-state index is 12.5. The van der Waals surface area contributed by atoms with Crippen LogP contribution in [0.1, 0.15) is 26.2 Å². The Balaban J connectivity index is 1.95. The minimum absolute atomic E-state index is 0.290. The lowest BCUT2D eigenvalue weighted by Crippen LogP contribution is -2.54. The summed E-state index contributed by atoms with van der Waals surface area (Å²) in [7, 11) is -0.996. The minimum Gasteiger partial charge on any atom is -0.316 e. The summed E-state index contributed by atoms with van der Waals surface area (Å²) in [5.74, 6) is 0.610. The number of sulfonamides is 1. The normalized spacial score (nSPS) is 31.5. The number of nitrogens with zero attached hydrogens (tertiary/aromatic N) is 2. The maximum Gasteiger partial charge on any atom is 0.214 e. The highest BCUT2D eigenvalue weighted by atomic mass is 32.2. The number of likely N-dealkylation sites (N-methyl/N-ethyl adjacent to an activating group) is 1. The van der Waals surface area contributed by atoms with Crippen molar-refractivity contribution >= 4 is 10.0 Å². The first-order valence-electron chi connectivity index (χ1n) is 7.41. The standard InChI is InChI=1S/C13H27N3O2S/c1-3-13-10-16(8-7-15(13)2)19(17,18)11-12-5-4-6-14-9-12/h12-14H,3-11H2,1-2H3. The number of piperazine rings is 1. The van der Waals surface area contributed by atoms with E-state index < -0.39 is 10.0 Å². The SMILES string of the molecule is CCC1CN(S(=O)(=O)CC2CCCNC2)CCN1C. The highest BCUT2D eigenvalue weighted by molar-refractivity contribution is 7.89. The summed E-state index contributed by atoms with van der Waals surface area (Å²) < 4.78 is 26.7. The molecule has 2 unspecified atom stereocenters. The van der Waals surface area contributed by atoms with Crippen molar-refractivity contribution in [3.63, 3.8) is 0 Å². The second kappa shape index (κ2) is 6.52. The molecule has 0 aliphatic carbocycles. The Morgan fingerprint density at radius 3 is 2.74 bits per heavy atom. The molecule has 0 spiro atoms. The maximum atomic E-state index is 12.5. The van der Waals surface area contributed by atoms with Crippen molar-refractivity contribution in [2.75, 3.05) is 45.5 Å². The van der Waals surface area contributed by atoms with Crippen LogP contribution in [0.25, 0.3) is 0 Å². The van der Waals surface area contributed by atoms with Gasteiger partial charge < -0.3 is 10.2 Å². The third kappa shape index (κ3) is 3.90. The van der Waals surface area contributed by atoms with Crippen LogP contribution in [0.4, 0.5) is 0 Å². The summed E-state index contributed by atoms with van der Waals surface area (Å²) in [6.07, 6.45) is 3.14. The van der Waals surface area contributed by atoms with E-state index in [1.165, 1.54) is 0 Å². The molecule has 2 heterocycles. The molecule has 0 aromatic rings. The molecule has 112 valence electrons. The van der Waals surface area contributed by atoms with Gasteiger partial charge in [-0.25, -0.2) is 8.42 Å². The number of piperidine rings is 1. The van der Waals surface area contributed by atoms with Gasteiger partial charge in [0.05, 0.1) is 5.75 Å². The van der Waals surface area contributed by atoms with Crippen molar-refractivity contribution in [3.8, 4) is 0 Å². The number of hydrogen-bond donors (Lipinski definition) is 1. The van der Waals surface area contributed by atoms with E-state index in [0.717, 1.165) is 38.9 Å². The van der Waals surface area contributed by atoms with Crippen LogP contribution in [0.3, 0.4) is 0 Å². The van der Waals surface area contributed by atoms with Gasteiger partial charge in [-0.2, -0.15) is 4.31 Å². The predicted octanol–water partition coefficient (Wildman–Crippen LogP) is 0.342. The summed E-state index contributed by atoms with van der Waals surface area (Å²) in [5.41, 5.74) is 0. The Morgan fingerprint density at radius 2 is 2.11 bits per heavy atom. The smallest absolute Gasteiger partial charge is 0.214 e. The van der Waals surface area contributed by atoms with Crippen LogP contribution in [-0.2, 0) is 10.0 Å². The molecule has 0 aromatic heterocycles. The fraction of sp³-hybridized carbons (Fsp3) is 1.00. The quantitative estimate of drug-likeness (QED) is 0.811. The highest BCUT2D eigenvalue weighted by Gasteiger charge is 2.32. The summed E-state index contributed by atoms with van der Waals surface area (Å²) in [5, 5.41) is 3.30. The van der Waals surface area contributed by atoms with Crippen LogP contribution in [0.5, 0.6) is 0 Å². The Kier molecular flexibility index (Phi) is 5.22. The molecule has 6 heteroatoms. The predicted molar refractivity (Wildman–Crippen MR) is 77.7 cm³/mol. The van der Waals surface area contributed by atoms with Crippen LogP contribution in [0, 0.1) is 5.92 Å². The minimum atomic E-state index is -3.08. The number of hydrogen-bond acceptors (Lipinski definition) is 4. The largest absolute Gasteiger partial charge is 0.316 e. The van der Waals surface area contributed by atoms with Crippen LogP contribution in [-0.4, -0.2) is 69.2 Å². The molecular weight excluding hydrogens is 262 g/mol. The highest BCUT2D eigenvalue weighted by Crippen LogP contribution is 2.19. The lowest BCUT2D eigenvalue weighted by atomic mass is 10.0.